The van der Waals surface area contributed by atoms with Crippen LogP contribution < -0.4 is 10.6 Å². The van der Waals surface area contributed by atoms with E-state index in [1.54, 1.807) is 17.3 Å². The Balaban J connectivity index is 0.000000317. The van der Waals surface area contributed by atoms with E-state index in [2.05, 4.69) is 20.6 Å². The zero-order valence-corrected chi connectivity index (χ0v) is 24.6. The normalized spacial score (nSPS) is 20.9. The van der Waals surface area contributed by atoms with Gasteiger partial charge in [0.15, 0.2) is 0 Å². The molecule has 226 valence electrons. The second-order valence-electron chi connectivity index (χ2n) is 11.4. The number of hydrogen-bond acceptors (Lipinski definition) is 5. The first-order valence-electron chi connectivity index (χ1n) is 15.0. The number of anilines is 2. The van der Waals surface area contributed by atoms with Gasteiger partial charge in [-0.25, -0.2) is 18.7 Å². The minimum Gasteiger partial charge on any atom is -0.333 e. The molecule has 2 fully saturated rings. The van der Waals surface area contributed by atoms with Crippen LogP contribution in [0.1, 0.15) is 69.1 Å². The topological polar surface area (TPSA) is 104 Å². The number of likely N-dealkylation sites (tertiary alicyclic amines) is 1. The maximum Gasteiger partial charge on any atom is 0.245 e. The molecule has 4 aliphatic rings. The van der Waals surface area contributed by atoms with Crippen molar-refractivity contribution < 1.29 is 23.2 Å². The molecule has 3 amide bonds. The van der Waals surface area contributed by atoms with Crippen LogP contribution in [0.2, 0.25) is 0 Å². The summed E-state index contributed by atoms with van der Waals surface area (Å²) in [7, 11) is 0. The van der Waals surface area contributed by atoms with Gasteiger partial charge in [0.2, 0.25) is 17.7 Å². The van der Waals surface area contributed by atoms with E-state index >= 15 is 0 Å². The highest BCUT2D eigenvalue weighted by atomic mass is 19.1. The first-order valence-corrected chi connectivity index (χ1v) is 15.0. The first-order chi connectivity index (χ1) is 20.8. The van der Waals surface area contributed by atoms with Crippen molar-refractivity contribution in [2.45, 2.75) is 70.6 Å². The molecule has 3 aromatic rings. The maximum absolute atomic E-state index is 13.1. The largest absolute Gasteiger partial charge is 0.333 e. The highest BCUT2D eigenvalue weighted by Gasteiger charge is 2.51. The Labute approximate surface area is 250 Å². The van der Waals surface area contributed by atoms with E-state index in [1.807, 2.05) is 32.0 Å². The van der Waals surface area contributed by atoms with Gasteiger partial charge in [0, 0.05) is 36.0 Å². The molecule has 1 saturated heterocycles. The molecule has 4 heterocycles. The van der Waals surface area contributed by atoms with Crippen LogP contribution in [0.4, 0.5) is 20.4 Å². The molecule has 2 aliphatic carbocycles. The number of nitrogens with one attached hydrogen (secondary N) is 2. The highest BCUT2D eigenvalue weighted by Crippen LogP contribution is 2.47. The number of aromatic nitrogens is 2. The highest BCUT2D eigenvalue weighted by molar-refractivity contribution is 6.06. The summed E-state index contributed by atoms with van der Waals surface area (Å²) in [5.41, 5.74) is 2.04. The number of carbonyl (C=O) groups is 3. The third-order valence-electron chi connectivity index (χ3n) is 8.83. The Morgan fingerprint density at radius 1 is 0.953 bits per heavy atom. The molecule has 8 nitrogen and oxygen atoms in total. The van der Waals surface area contributed by atoms with Gasteiger partial charge >= 0.3 is 0 Å². The van der Waals surface area contributed by atoms with Crippen molar-refractivity contribution >= 4 is 29.4 Å². The van der Waals surface area contributed by atoms with E-state index in [0.29, 0.717) is 31.0 Å². The first kappa shape index (κ1) is 30.3. The van der Waals surface area contributed by atoms with Gasteiger partial charge in [0.25, 0.3) is 0 Å². The summed E-state index contributed by atoms with van der Waals surface area (Å²) >= 11 is 0. The smallest absolute Gasteiger partial charge is 0.245 e. The molecular formula is C33H37F2N5O3. The minimum atomic E-state index is -0.661. The van der Waals surface area contributed by atoms with Crippen LogP contribution in [0.5, 0.6) is 0 Å². The standard InChI is InChI=1S/C25H27N5O3.C6H4F2.C2H6/c31-20(15-30-10-4-8-24(23(30)33)6-1-2-7-24)28-19-11-16-12-25(13-17(16)14-27-19)18-5-3-9-26-21(18)29-22(25)32;7-5-2-1-3-6(8)4-5;1-2/h3,5,9,11,14H,1-2,4,6-8,10,12-13,15H2,(H,26,29,32)(H,27,28,31);1-4H;1-2H3. The number of piperidine rings is 1. The molecule has 10 heteroatoms. The summed E-state index contributed by atoms with van der Waals surface area (Å²) in [5, 5.41) is 5.78. The fourth-order valence-corrected chi connectivity index (χ4v) is 6.86. The lowest BCUT2D eigenvalue weighted by atomic mass is 9.77. The monoisotopic (exact) mass is 589 g/mol. The van der Waals surface area contributed by atoms with Crippen molar-refractivity contribution in [3.63, 3.8) is 0 Å². The summed E-state index contributed by atoms with van der Waals surface area (Å²) in [6, 6.07) is 10.2. The third-order valence-corrected chi connectivity index (χ3v) is 8.83. The van der Waals surface area contributed by atoms with Crippen molar-refractivity contribution in [3.05, 3.63) is 83.2 Å². The van der Waals surface area contributed by atoms with Crippen molar-refractivity contribution in [1.82, 2.24) is 14.9 Å². The number of benzene rings is 1. The molecule has 7 rings (SSSR count). The van der Waals surface area contributed by atoms with E-state index < -0.39 is 17.0 Å². The average Bonchev–Trinajstić information content (AvgIpc) is 3.69. The van der Waals surface area contributed by atoms with Gasteiger partial charge in [-0.05, 0) is 73.9 Å². The lowest BCUT2D eigenvalue weighted by Crippen LogP contribution is -2.50. The summed E-state index contributed by atoms with van der Waals surface area (Å²) < 4.78 is 23.9. The molecule has 1 atom stereocenters. The molecule has 2 N–H and O–H groups in total. The summed E-state index contributed by atoms with van der Waals surface area (Å²) in [4.78, 5) is 49.1. The number of nitrogens with zero attached hydrogens (tertiary/aromatic N) is 3. The number of carbonyl (C=O) groups excluding carboxylic acids is 3. The Kier molecular flexibility index (Phi) is 8.84. The number of halogens is 2. The Morgan fingerprint density at radius 2 is 1.65 bits per heavy atom. The van der Waals surface area contributed by atoms with Crippen molar-refractivity contribution in [3.8, 4) is 0 Å². The van der Waals surface area contributed by atoms with E-state index in [-0.39, 0.29) is 29.7 Å². The molecule has 2 aliphatic heterocycles. The van der Waals surface area contributed by atoms with E-state index in [9.17, 15) is 23.2 Å². The molecule has 0 bridgehead atoms. The SMILES string of the molecule is CC.Fc1cccc(F)c1.O=C(CN1CCCC2(CCCC2)C1=O)Nc1cc2c(cn1)CC1(C2)C(=O)Nc2ncccc21. The number of hydrogen-bond donors (Lipinski definition) is 2. The van der Waals surface area contributed by atoms with Gasteiger partial charge in [-0.1, -0.05) is 38.8 Å². The second-order valence-corrected chi connectivity index (χ2v) is 11.4. The van der Waals surface area contributed by atoms with Crippen molar-refractivity contribution in [1.29, 1.82) is 0 Å². The predicted molar refractivity (Wildman–Crippen MR) is 159 cm³/mol. The zero-order valence-electron chi connectivity index (χ0n) is 24.6. The van der Waals surface area contributed by atoms with Gasteiger partial charge in [-0.15, -0.1) is 0 Å². The van der Waals surface area contributed by atoms with Gasteiger partial charge in [0.1, 0.15) is 23.3 Å². The zero-order chi connectivity index (χ0) is 30.6. The van der Waals surface area contributed by atoms with E-state index in [4.69, 9.17) is 0 Å². The van der Waals surface area contributed by atoms with Crippen LogP contribution in [0.25, 0.3) is 0 Å². The molecule has 2 aromatic heterocycles. The van der Waals surface area contributed by atoms with Crippen LogP contribution in [-0.2, 0) is 32.6 Å². The summed E-state index contributed by atoms with van der Waals surface area (Å²) in [6.45, 7) is 4.70. The Morgan fingerprint density at radius 3 is 2.35 bits per heavy atom. The van der Waals surface area contributed by atoms with Crippen LogP contribution >= 0.6 is 0 Å². The lowest BCUT2D eigenvalue weighted by Gasteiger charge is -2.39. The van der Waals surface area contributed by atoms with E-state index in [1.165, 1.54) is 18.2 Å². The van der Waals surface area contributed by atoms with Gasteiger partial charge in [0.05, 0.1) is 12.0 Å². The lowest BCUT2D eigenvalue weighted by molar-refractivity contribution is -0.148. The second kappa shape index (κ2) is 12.6. The summed E-state index contributed by atoms with van der Waals surface area (Å²) in [6.07, 6.45) is 10.5. The molecule has 1 aromatic carbocycles. The Bertz CT molecular complexity index is 1510. The van der Waals surface area contributed by atoms with Crippen LogP contribution in [0.15, 0.2) is 54.9 Å². The van der Waals surface area contributed by atoms with Gasteiger partial charge in [-0.3, -0.25) is 14.4 Å². The van der Waals surface area contributed by atoms with E-state index in [0.717, 1.165) is 61.3 Å². The average molecular weight is 590 g/mol. The fourth-order valence-electron chi connectivity index (χ4n) is 6.86. The van der Waals surface area contributed by atoms with Gasteiger partial charge < -0.3 is 15.5 Å². The number of pyridine rings is 2. The number of rotatable bonds is 3. The Hall–Kier alpha value is -4.21. The maximum atomic E-state index is 13.1. The summed E-state index contributed by atoms with van der Waals surface area (Å²) in [5.74, 6) is -0.113. The number of fused-ring (bicyclic) bond motifs is 3. The molecule has 1 saturated carbocycles. The fraction of sp³-hybridized carbons (Fsp3) is 0.424. The van der Waals surface area contributed by atoms with Crippen LogP contribution in [0.3, 0.4) is 0 Å². The quantitative estimate of drug-likeness (QED) is 0.415. The predicted octanol–water partition coefficient (Wildman–Crippen LogP) is 5.58. The third kappa shape index (κ3) is 6.00. The molecule has 43 heavy (non-hydrogen) atoms. The minimum absolute atomic E-state index is 0.0394. The molecular weight excluding hydrogens is 552 g/mol. The molecule has 1 unspecified atom stereocenters. The van der Waals surface area contributed by atoms with Crippen molar-refractivity contribution in [2.24, 2.45) is 5.41 Å². The molecule has 2 spiro atoms. The molecule has 0 radical (unpaired) electrons. The van der Waals surface area contributed by atoms with Crippen LogP contribution in [-0.4, -0.2) is 45.7 Å². The number of amides is 3. The van der Waals surface area contributed by atoms with Gasteiger partial charge in [-0.2, -0.15) is 0 Å². The van der Waals surface area contributed by atoms with Crippen LogP contribution in [0, 0.1) is 17.0 Å². The van der Waals surface area contributed by atoms with Crippen molar-refractivity contribution in [2.75, 3.05) is 23.7 Å².